The second kappa shape index (κ2) is 6.10. The highest BCUT2D eigenvalue weighted by Gasteiger charge is 2.28. The summed E-state index contributed by atoms with van der Waals surface area (Å²) >= 11 is 1.27. The number of nitrogens with zero attached hydrogens (tertiary/aromatic N) is 3. The highest BCUT2D eigenvalue weighted by Crippen LogP contribution is 2.32. The normalized spacial score (nSPS) is 21.5. The first-order chi connectivity index (χ1) is 10.5. The lowest BCUT2D eigenvalue weighted by molar-refractivity contribution is -0.113. The molecule has 0 saturated carbocycles. The molecule has 0 atom stereocenters. The first kappa shape index (κ1) is 15.1. The van der Waals surface area contributed by atoms with E-state index in [4.69, 9.17) is 0 Å². The van der Waals surface area contributed by atoms with Crippen LogP contribution < -0.4 is 0 Å². The summed E-state index contributed by atoms with van der Waals surface area (Å²) in [6, 6.07) is 4.23. The number of likely N-dealkylation sites (N-methyl/N-ethyl adjacent to an activating group) is 1. The number of aromatic hydroxyl groups is 1. The van der Waals surface area contributed by atoms with Crippen LogP contribution >= 0.6 is 11.8 Å². The zero-order valence-electron chi connectivity index (χ0n) is 12.1. The maximum atomic E-state index is 13.3. The predicted octanol–water partition coefficient (Wildman–Crippen LogP) is 1.75. The van der Waals surface area contributed by atoms with Crippen molar-refractivity contribution in [2.45, 2.75) is 0 Å². The number of phenolic OH excluding ortho intramolecular Hbond substituents is 1. The van der Waals surface area contributed by atoms with Crippen LogP contribution in [-0.2, 0) is 4.79 Å². The standard InChI is InChI=1S/C15H16FN3O2S/c1-18-5-7-19(8-6-18)15-17-14(21)12(22-15)9-10-3-2-4-11(16)13(10)20/h2-4,9,20H,5-8H2,1H3. The van der Waals surface area contributed by atoms with Crippen molar-refractivity contribution in [3.05, 3.63) is 34.5 Å². The summed E-state index contributed by atoms with van der Waals surface area (Å²) in [6.45, 7) is 3.51. The number of carbonyl (C=O) groups excluding carboxylic acids is 1. The van der Waals surface area contributed by atoms with Crippen LogP contribution in [0.4, 0.5) is 4.39 Å². The molecule has 22 heavy (non-hydrogen) atoms. The van der Waals surface area contributed by atoms with Crippen LogP contribution in [0.1, 0.15) is 5.56 Å². The number of hydrogen-bond acceptors (Lipinski definition) is 5. The summed E-state index contributed by atoms with van der Waals surface area (Å²) in [6.07, 6.45) is 1.48. The Morgan fingerprint density at radius 2 is 2.05 bits per heavy atom. The van der Waals surface area contributed by atoms with Gasteiger partial charge in [-0.2, -0.15) is 4.99 Å². The molecule has 0 aromatic heterocycles. The van der Waals surface area contributed by atoms with Gasteiger partial charge in [0.05, 0.1) is 4.91 Å². The Morgan fingerprint density at radius 3 is 2.77 bits per heavy atom. The third kappa shape index (κ3) is 3.00. The van der Waals surface area contributed by atoms with Crippen LogP contribution in [0.5, 0.6) is 5.75 Å². The number of amidine groups is 1. The van der Waals surface area contributed by atoms with Gasteiger partial charge in [0, 0.05) is 31.7 Å². The summed E-state index contributed by atoms with van der Waals surface area (Å²) in [5, 5.41) is 10.4. The maximum Gasteiger partial charge on any atom is 0.286 e. The summed E-state index contributed by atoms with van der Waals surface area (Å²) < 4.78 is 13.3. The van der Waals surface area contributed by atoms with E-state index in [1.165, 1.54) is 30.0 Å². The fourth-order valence-corrected chi connectivity index (χ4v) is 3.28. The third-order valence-electron chi connectivity index (χ3n) is 3.69. The number of aliphatic imine (C=N–C) groups is 1. The van der Waals surface area contributed by atoms with Crippen molar-refractivity contribution in [3.63, 3.8) is 0 Å². The molecule has 2 aliphatic rings. The van der Waals surface area contributed by atoms with Gasteiger partial charge in [0.1, 0.15) is 0 Å². The summed E-state index contributed by atoms with van der Waals surface area (Å²) in [7, 11) is 2.06. The number of para-hydroxylation sites is 1. The fraction of sp³-hybridized carbons (Fsp3) is 0.333. The number of rotatable bonds is 1. The molecule has 2 heterocycles. The van der Waals surface area contributed by atoms with E-state index >= 15 is 0 Å². The summed E-state index contributed by atoms with van der Waals surface area (Å²) in [4.78, 5) is 20.8. The van der Waals surface area contributed by atoms with E-state index in [1.54, 1.807) is 6.07 Å². The zero-order chi connectivity index (χ0) is 15.7. The number of halogens is 1. The number of amides is 1. The second-order valence-corrected chi connectivity index (χ2v) is 6.29. The van der Waals surface area contributed by atoms with Crippen molar-refractivity contribution >= 4 is 28.9 Å². The number of thioether (sulfide) groups is 1. The largest absolute Gasteiger partial charge is 0.504 e. The molecule has 0 spiro atoms. The molecule has 1 N–H and O–H groups in total. The van der Waals surface area contributed by atoms with E-state index in [2.05, 4.69) is 21.8 Å². The van der Waals surface area contributed by atoms with Gasteiger partial charge in [0.2, 0.25) is 0 Å². The molecule has 1 saturated heterocycles. The highest BCUT2D eigenvalue weighted by molar-refractivity contribution is 8.18. The van der Waals surface area contributed by atoms with Crippen LogP contribution in [0, 0.1) is 5.82 Å². The van der Waals surface area contributed by atoms with Crippen molar-refractivity contribution < 1.29 is 14.3 Å². The molecule has 1 fully saturated rings. The van der Waals surface area contributed by atoms with Gasteiger partial charge < -0.3 is 14.9 Å². The molecule has 7 heteroatoms. The van der Waals surface area contributed by atoms with Gasteiger partial charge in [-0.25, -0.2) is 4.39 Å². The average Bonchev–Trinajstić information content (AvgIpc) is 2.86. The van der Waals surface area contributed by atoms with E-state index in [0.29, 0.717) is 10.1 Å². The number of benzene rings is 1. The van der Waals surface area contributed by atoms with E-state index < -0.39 is 11.6 Å². The van der Waals surface area contributed by atoms with E-state index in [0.717, 1.165) is 26.2 Å². The minimum absolute atomic E-state index is 0.283. The van der Waals surface area contributed by atoms with Crippen molar-refractivity contribution in [3.8, 4) is 5.75 Å². The Morgan fingerprint density at radius 1 is 1.32 bits per heavy atom. The molecule has 0 unspecified atom stereocenters. The molecular weight excluding hydrogens is 305 g/mol. The monoisotopic (exact) mass is 321 g/mol. The first-order valence-electron chi connectivity index (χ1n) is 6.98. The van der Waals surface area contributed by atoms with Crippen LogP contribution in [0.15, 0.2) is 28.1 Å². The highest BCUT2D eigenvalue weighted by atomic mass is 32.2. The zero-order valence-corrected chi connectivity index (χ0v) is 12.9. The topological polar surface area (TPSA) is 56.1 Å². The van der Waals surface area contributed by atoms with E-state index in [9.17, 15) is 14.3 Å². The molecule has 0 radical (unpaired) electrons. The van der Waals surface area contributed by atoms with Crippen LogP contribution in [0.25, 0.3) is 6.08 Å². The van der Waals surface area contributed by atoms with Gasteiger partial charge in [-0.15, -0.1) is 0 Å². The average molecular weight is 321 g/mol. The molecule has 0 aliphatic carbocycles. The minimum atomic E-state index is -0.704. The van der Waals surface area contributed by atoms with Crippen molar-refractivity contribution in [1.29, 1.82) is 0 Å². The Labute approximate surface area is 132 Å². The molecule has 1 aromatic rings. The molecule has 3 rings (SSSR count). The molecule has 0 bridgehead atoms. The van der Waals surface area contributed by atoms with Crippen molar-refractivity contribution in [1.82, 2.24) is 9.80 Å². The summed E-state index contributed by atoms with van der Waals surface area (Å²) in [5.74, 6) is -1.50. The lowest BCUT2D eigenvalue weighted by Gasteiger charge is -2.32. The van der Waals surface area contributed by atoms with Gasteiger partial charge in [-0.3, -0.25) is 4.79 Å². The minimum Gasteiger partial charge on any atom is -0.504 e. The Bertz CT molecular complexity index is 667. The third-order valence-corrected chi connectivity index (χ3v) is 4.73. The Balaban J connectivity index is 1.77. The van der Waals surface area contributed by atoms with Crippen LogP contribution in [0.2, 0.25) is 0 Å². The van der Waals surface area contributed by atoms with Crippen LogP contribution in [0.3, 0.4) is 0 Å². The van der Waals surface area contributed by atoms with Gasteiger partial charge in [-0.1, -0.05) is 12.1 Å². The van der Waals surface area contributed by atoms with Gasteiger partial charge in [0.25, 0.3) is 5.91 Å². The van der Waals surface area contributed by atoms with Gasteiger partial charge in [0.15, 0.2) is 16.7 Å². The number of hydrogen-bond donors (Lipinski definition) is 1. The first-order valence-corrected chi connectivity index (χ1v) is 7.80. The SMILES string of the molecule is CN1CCN(C2=NC(=O)C(=Cc3cccc(F)c3O)S2)CC1. The molecule has 5 nitrogen and oxygen atoms in total. The Kier molecular flexibility index (Phi) is 4.17. The van der Waals surface area contributed by atoms with Crippen LogP contribution in [-0.4, -0.2) is 59.2 Å². The molecule has 2 aliphatic heterocycles. The smallest absolute Gasteiger partial charge is 0.286 e. The quantitative estimate of drug-likeness (QED) is 0.799. The maximum absolute atomic E-state index is 13.3. The molecular formula is C15H16FN3O2S. The number of carbonyl (C=O) groups is 1. The lowest BCUT2D eigenvalue weighted by Crippen LogP contribution is -2.46. The second-order valence-electron chi connectivity index (χ2n) is 5.28. The lowest BCUT2D eigenvalue weighted by atomic mass is 10.2. The van der Waals surface area contributed by atoms with E-state index in [1.807, 2.05) is 0 Å². The number of piperazine rings is 1. The summed E-state index contributed by atoms with van der Waals surface area (Å²) in [5.41, 5.74) is 0.283. The number of phenols is 1. The molecule has 116 valence electrons. The predicted molar refractivity (Wildman–Crippen MR) is 85.1 cm³/mol. The molecule has 1 amide bonds. The molecule has 1 aromatic carbocycles. The van der Waals surface area contributed by atoms with Gasteiger partial charge in [-0.05, 0) is 31.0 Å². The van der Waals surface area contributed by atoms with E-state index in [-0.39, 0.29) is 11.5 Å². The van der Waals surface area contributed by atoms with Gasteiger partial charge >= 0.3 is 0 Å². The fourth-order valence-electron chi connectivity index (χ4n) is 2.32. The Hall–Kier alpha value is -1.86. The van der Waals surface area contributed by atoms with Crippen molar-refractivity contribution in [2.24, 2.45) is 4.99 Å². The van der Waals surface area contributed by atoms with Crippen molar-refractivity contribution in [2.75, 3.05) is 33.2 Å².